The zero-order chi connectivity index (χ0) is 24.7. The first kappa shape index (κ1) is 24.7. The quantitative estimate of drug-likeness (QED) is 0.339. The van der Waals surface area contributed by atoms with Crippen LogP contribution < -0.4 is 14.2 Å². The average Bonchev–Trinajstić information content (AvgIpc) is 2.83. The van der Waals surface area contributed by atoms with E-state index in [-0.39, 0.29) is 27.5 Å². The highest BCUT2D eigenvalue weighted by molar-refractivity contribution is 7.92. The summed E-state index contributed by atoms with van der Waals surface area (Å²) in [6, 6.07) is 15.2. The fourth-order valence-electron chi connectivity index (χ4n) is 2.97. The van der Waals surface area contributed by atoms with Crippen LogP contribution in [0.1, 0.15) is 27.6 Å². The van der Waals surface area contributed by atoms with E-state index in [4.69, 9.17) is 14.2 Å². The lowest BCUT2D eigenvalue weighted by Gasteiger charge is -2.13. The van der Waals surface area contributed by atoms with Crippen molar-refractivity contribution in [1.29, 1.82) is 0 Å². The third-order valence-corrected chi connectivity index (χ3v) is 6.03. The molecule has 0 spiro atoms. The van der Waals surface area contributed by atoms with Gasteiger partial charge in [0.2, 0.25) is 0 Å². The first-order valence-electron chi connectivity index (χ1n) is 10.1. The van der Waals surface area contributed by atoms with E-state index >= 15 is 0 Å². The van der Waals surface area contributed by atoms with E-state index in [0.29, 0.717) is 12.4 Å². The number of carbonyl (C=O) groups excluding carboxylic acids is 2. The first-order chi connectivity index (χ1) is 16.2. The summed E-state index contributed by atoms with van der Waals surface area (Å²) in [5.74, 6) is -1.79. The van der Waals surface area contributed by atoms with Crippen LogP contribution in [0.2, 0.25) is 0 Å². The molecule has 0 aliphatic carbocycles. The number of ketones is 1. The van der Waals surface area contributed by atoms with E-state index < -0.39 is 34.2 Å². The van der Waals surface area contributed by atoms with Crippen LogP contribution in [-0.4, -0.2) is 40.5 Å². The Morgan fingerprint density at radius 1 is 1.00 bits per heavy atom. The Labute approximate surface area is 196 Å². The average molecular weight is 488 g/mol. The molecule has 0 heterocycles. The van der Waals surface area contributed by atoms with E-state index in [1.54, 1.807) is 0 Å². The Balaban J connectivity index is 1.72. The van der Waals surface area contributed by atoms with Gasteiger partial charge in [0.1, 0.15) is 5.75 Å². The number of sulfonamides is 1. The molecule has 0 aromatic heterocycles. The van der Waals surface area contributed by atoms with Crippen molar-refractivity contribution in [2.45, 2.75) is 11.8 Å². The lowest BCUT2D eigenvalue weighted by molar-refractivity contribution is 0.0475. The molecular weight excluding hydrogens is 465 g/mol. The maximum atomic E-state index is 13.8. The fraction of sp³-hybridized carbons (Fsp3) is 0.167. The van der Waals surface area contributed by atoms with Gasteiger partial charge >= 0.3 is 5.97 Å². The molecule has 0 aliphatic heterocycles. The number of anilines is 1. The van der Waals surface area contributed by atoms with Crippen LogP contribution in [0.25, 0.3) is 0 Å². The molecule has 0 radical (unpaired) electrons. The van der Waals surface area contributed by atoms with Crippen LogP contribution in [0.5, 0.6) is 11.5 Å². The molecule has 0 aliphatic rings. The number of hydrogen-bond acceptors (Lipinski definition) is 7. The lowest BCUT2D eigenvalue weighted by Crippen LogP contribution is -2.18. The number of nitrogens with one attached hydrogen (secondary N) is 1. The Bertz CT molecular complexity index is 1290. The summed E-state index contributed by atoms with van der Waals surface area (Å²) in [7, 11) is -2.73. The number of halogens is 1. The van der Waals surface area contributed by atoms with Gasteiger partial charge < -0.3 is 14.2 Å². The van der Waals surface area contributed by atoms with Crippen molar-refractivity contribution in [3.63, 3.8) is 0 Å². The van der Waals surface area contributed by atoms with Crippen molar-refractivity contribution in [3.05, 3.63) is 83.7 Å². The molecule has 178 valence electrons. The second-order valence-corrected chi connectivity index (χ2v) is 8.59. The van der Waals surface area contributed by atoms with Crippen molar-refractivity contribution in [1.82, 2.24) is 0 Å². The zero-order valence-electron chi connectivity index (χ0n) is 18.4. The van der Waals surface area contributed by atoms with Crippen molar-refractivity contribution in [2.75, 3.05) is 25.0 Å². The number of rotatable bonds is 10. The predicted molar refractivity (Wildman–Crippen MR) is 122 cm³/mol. The largest absolute Gasteiger partial charge is 0.494 e. The highest BCUT2D eigenvalue weighted by Gasteiger charge is 2.21. The molecule has 10 heteroatoms. The van der Waals surface area contributed by atoms with Crippen LogP contribution in [0.15, 0.2) is 71.6 Å². The maximum Gasteiger partial charge on any atom is 0.340 e. The van der Waals surface area contributed by atoms with Gasteiger partial charge in [0.25, 0.3) is 10.0 Å². The maximum absolute atomic E-state index is 13.8. The van der Waals surface area contributed by atoms with Crippen LogP contribution in [0.4, 0.5) is 10.1 Å². The molecule has 0 amide bonds. The summed E-state index contributed by atoms with van der Waals surface area (Å²) < 4.78 is 56.9. The molecule has 0 unspecified atom stereocenters. The number of benzene rings is 3. The molecule has 3 aromatic carbocycles. The number of esters is 1. The summed E-state index contributed by atoms with van der Waals surface area (Å²) in [4.78, 5) is 24.9. The van der Waals surface area contributed by atoms with Gasteiger partial charge in [-0.15, -0.1) is 0 Å². The normalized spacial score (nSPS) is 10.9. The Kier molecular flexibility index (Phi) is 7.85. The number of Topliss-reactive ketones (excluding diaryl/α,β-unsaturated/α-hetero) is 1. The summed E-state index contributed by atoms with van der Waals surface area (Å²) in [5.41, 5.74) is -0.120. The molecule has 0 bridgehead atoms. The zero-order valence-corrected chi connectivity index (χ0v) is 19.2. The van der Waals surface area contributed by atoms with Crippen molar-refractivity contribution >= 4 is 27.5 Å². The van der Waals surface area contributed by atoms with Crippen LogP contribution in [0.3, 0.4) is 0 Å². The SMILES string of the molecule is CCOc1ccc(S(=O)(=O)Nc2ccccc2C(=O)OCC(=O)c2ccc(OC)c(F)c2)cc1. The number of ether oxygens (including phenoxy) is 3. The van der Waals surface area contributed by atoms with Gasteiger partial charge in [0.05, 0.1) is 29.9 Å². The summed E-state index contributed by atoms with van der Waals surface area (Å²) in [5, 5.41) is 0. The van der Waals surface area contributed by atoms with Gasteiger partial charge in [-0.3, -0.25) is 9.52 Å². The fourth-order valence-corrected chi connectivity index (χ4v) is 4.05. The first-order valence-corrected chi connectivity index (χ1v) is 11.6. The lowest BCUT2D eigenvalue weighted by atomic mass is 10.1. The summed E-state index contributed by atoms with van der Waals surface area (Å²) >= 11 is 0. The second-order valence-electron chi connectivity index (χ2n) is 6.90. The molecule has 34 heavy (non-hydrogen) atoms. The van der Waals surface area contributed by atoms with E-state index in [2.05, 4.69) is 4.72 Å². The van der Waals surface area contributed by atoms with Crippen LogP contribution in [-0.2, 0) is 14.8 Å². The number of methoxy groups -OCH3 is 1. The second kappa shape index (κ2) is 10.8. The molecular formula is C24H22FNO7S. The van der Waals surface area contributed by atoms with Crippen molar-refractivity contribution in [3.8, 4) is 11.5 Å². The molecule has 0 atom stereocenters. The van der Waals surface area contributed by atoms with Crippen LogP contribution in [0, 0.1) is 5.82 Å². The smallest absolute Gasteiger partial charge is 0.340 e. The van der Waals surface area contributed by atoms with Crippen molar-refractivity contribution < 1.29 is 36.6 Å². The van der Waals surface area contributed by atoms with E-state index in [1.165, 1.54) is 67.8 Å². The summed E-state index contributed by atoms with van der Waals surface area (Å²) in [6.07, 6.45) is 0. The van der Waals surface area contributed by atoms with Gasteiger partial charge in [-0.2, -0.15) is 0 Å². The topological polar surface area (TPSA) is 108 Å². The molecule has 1 N–H and O–H groups in total. The van der Waals surface area contributed by atoms with E-state index in [0.717, 1.165) is 6.07 Å². The predicted octanol–water partition coefficient (Wildman–Crippen LogP) is 4.07. The monoisotopic (exact) mass is 487 g/mol. The van der Waals surface area contributed by atoms with Gasteiger partial charge in [0, 0.05) is 5.56 Å². The molecule has 3 aromatic rings. The minimum Gasteiger partial charge on any atom is -0.494 e. The molecule has 0 fully saturated rings. The van der Waals surface area contributed by atoms with Gasteiger partial charge in [-0.05, 0) is 61.5 Å². The highest BCUT2D eigenvalue weighted by Crippen LogP contribution is 2.23. The van der Waals surface area contributed by atoms with E-state index in [1.807, 2.05) is 6.92 Å². The van der Waals surface area contributed by atoms with Crippen molar-refractivity contribution in [2.24, 2.45) is 0 Å². The Morgan fingerprint density at radius 2 is 1.71 bits per heavy atom. The minimum absolute atomic E-state index is 0.00409. The molecule has 8 nitrogen and oxygen atoms in total. The molecule has 0 saturated carbocycles. The number of carbonyl (C=O) groups is 2. The molecule has 3 rings (SSSR count). The van der Waals surface area contributed by atoms with E-state index in [9.17, 15) is 22.4 Å². The van der Waals surface area contributed by atoms with Gasteiger partial charge in [-0.1, -0.05) is 12.1 Å². The Hall–Kier alpha value is -3.92. The standard InChI is InChI=1S/C24H22FNO7S/c1-3-32-17-9-11-18(12-10-17)34(29,30)26-21-7-5-4-6-19(21)24(28)33-15-22(27)16-8-13-23(31-2)20(25)14-16/h4-14,26H,3,15H2,1-2H3. The minimum atomic E-state index is -4.02. The Morgan fingerprint density at radius 3 is 2.35 bits per heavy atom. The number of para-hydroxylation sites is 1. The highest BCUT2D eigenvalue weighted by atomic mass is 32.2. The third-order valence-electron chi connectivity index (χ3n) is 4.64. The van der Waals surface area contributed by atoms with Gasteiger partial charge in [-0.25, -0.2) is 17.6 Å². The third kappa shape index (κ3) is 5.90. The van der Waals surface area contributed by atoms with Gasteiger partial charge in [0.15, 0.2) is 24.0 Å². The summed E-state index contributed by atoms with van der Waals surface area (Å²) in [6.45, 7) is 1.59. The van der Waals surface area contributed by atoms with Crippen LogP contribution >= 0.6 is 0 Å². The number of hydrogen-bond donors (Lipinski definition) is 1. The molecule has 0 saturated heterocycles.